The molecule has 0 saturated carbocycles. The van der Waals surface area contributed by atoms with Crippen LogP contribution in [-0.2, 0) is 11.3 Å². The fourth-order valence-corrected chi connectivity index (χ4v) is 3.79. The Morgan fingerprint density at radius 2 is 1.92 bits per heavy atom. The van der Waals surface area contributed by atoms with Crippen molar-refractivity contribution in [2.24, 2.45) is 0 Å². The first kappa shape index (κ1) is 17.0. The van der Waals surface area contributed by atoms with Gasteiger partial charge in [-0.2, -0.15) is 0 Å². The van der Waals surface area contributed by atoms with E-state index in [1.807, 2.05) is 49.4 Å². The van der Waals surface area contributed by atoms with Crippen molar-refractivity contribution in [3.8, 4) is 0 Å². The van der Waals surface area contributed by atoms with Crippen LogP contribution in [0.1, 0.15) is 18.3 Å². The molecule has 4 rings (SSSR count). The van der Waals surface area contributed by atoms with Gasteiger partial charge in [-0.05, 0) is 59.9 Å². The smallest absolute Gasteiger partial charge is 0.261 e. The Balaban J connectivity index is 1.98. The highest BCUT2D eigenvalue weighted by atomic mass is 127. The van der Waals surface area contributed by atoms with Gasteiger partial charge in [-0.15, -0.1) is 0 Å². The molecule has 0 radical (unpaired) electrons. The monoisotopic (exact) mass is 457 g/mol. The van der Waals surface area contributed by atoms with Crippen molar-refractivity contribution < 1.29 is 4.79 Å². The Morgan fingerprint density at radius 3 is 2.69 bits per heavy atom. The molecule has 0 fully saturated rings. The second kappa shape index (κ2) is 6.35. The zero-order valence-corrected chi connectivity index (χ0v) is 16.5. The maximum absolute atomic E-state index is 12.9. The summed E-state index contributed by atoms with van der Waals surface area (Å²) < 4.78 is 2.60. The molecule has 3 aromatic rings. The molecule has 2 heterocycles. The Morgan fingerprint density at radius 1 is 1.15 bits per heavy atom. The molecule has 0 N–H and O–H groups in total. The Labute approximate surface area is 164 Å². The molecule has 2 aromatic carbocycles. The number of nitrogens with zero attached hydrogens (tertiary/aromatic N) is 3. The summed E-state index contributed by atoms with van der Waals surface area (Å²) in [5.74, 6) is 0.408. The number of amides is 1. The fourth-order valence-electron chi connectivity index (χ4n) is 3.29. The standard InChI is InChI=1S/C20H16IN3O2/c1-3-24-18(22-16-9-8-12(21)10-15(16)20(24)26)11-14-13-6-4-5-7-17(13)23(2)19(14)25/h4-11H,3H2,1-2H3/b14-11-. The van der Waals surface area contributed by atoms with Crippen LogP contribution < -0.4 is 10.5 Å². The van der Waals surface area contributed by atoms with Gasteiger partial charge < -0.3 is 4.90 Å². The molecule has 1 aliphatic heterocycles. The SMILES string of the molecule is CCn1c(/C=C2\C(=O)N(C)c3ccccc32)nc2ccc(I)cc2c1=O. The van der Waals surface area contributed by atoms with Crippen LogP contribution in [0.5, 0.6) is 0 Å². The molecule has 5 nitrogen and oxygen atoms in total. The van der Waals surface area contributed by atoms with E-state index in [9.17, 15) is 9.59 Å². The number of hydrogen-bond acceptors (Lipinski definition) is 3. The third-order valence-corrected chi connectivity index (χ3v) is 5.30. The summed E-state index contributed by atoms with van der Waals surface area (Å²) in [7, 11) is 1.75. The van der Waals surface area contributed by atoms with Gasteiger partial charge in [0.1, 0.15) is 5.82 Å². The van der Waals surface area contributed by atoms with Crippen molar-refractivity contribution in [2.75, 3.05) is 11.9 Å². The van der Waals surface area contributed by atoms with Crippen LogP contribution in [0.3, 0.4) is 0 Å². The van der Waals surface area contributed by atoms with Gasteiger partial charge in [0.15, 0.2) is 0 Å². The topological polar surface area (TPSA) is 55.2 Å². The summed E-state index contributed by atoms with van der Waals surface area (Å²) in [5, 5.41) is 0.594. The van der Waals surface area contributed by atoms with Crippen LogP contribution in [0.25, 0.3) is 22.6 Å². The number of para-hydroxylation sites is 1. The molecular weight excluding hydrogens is 441 g/mol. The summed E-state index contributed by atoms with van der Waals surface area (Å²) in [5.41, 5.74) is 2.83. The van der Waals surface area contributed by atoms with Crippen LogP contribution in [0, 0.1) is 3.57 Å². The molecular formula is C20H16IN3O2. The lowest BCUT2D eigenvalue weighted by Crippen LogP contribution is -2.24. The molecule has 26 heavy (non-hydrogen) atoms. The van der Waals surface area contributed by atoms with Crippen LogP contribution >= 0.6 is 22.6 Å². The normalized spacial score (nSPS) is 15.1. The Hall–Kier alpha value is -2.48. The van der Waals surface area contributed by atoms with E-state index in [0.717, 1.165) is 14.8 Å². The van der Waals surface area contributed by atoms with E-state index in [2.05, 4.69) is 27.6 Å². The minimum Gasteiger partial charge on any atom is -0.311 e. The lowest BCUT2D eigenvalue weighted by molar-refractivity contribution is -0.112. The second-order valence-corrected chi connectivity index (χ2v) is 7.37. The molecule has 0 saturated heterocycles. The van der Waals surface area contributed by atoms with Gasteiger partial charge in [0.05, 0.1) is 22.2 Å². The molecule has 1 aromatic heterocycles. The van der Waals surface area contributed by atoms with Crippen molar-refractivity contribution in [3.05, 3.63) is 67.8 Å². The van der Waals surface area contributed by atoms with Crippen molar-refractivity contribution in [3.63, 3.8) is 0 Å². The number of rotatable bonds is 2. The van der Waals surface area contributed by atoms with E-state index < -0.39 is 0 Å². The molecule has 6 heteroatoms. The number of anilines is 1. The highest BCUT2D eigenvalue weighted by molar-refractivity contribution is 14.1. The summed E-state index contributed by atoms with van der Waals surface area (Å²) in [6.45, 7) is 2.39. The summed E-state index contributed by atoms with van der Waals surface area (Å²) in [6.07, 6.45) is 1.73. The second-order valence-electron chi connectivity index (χ2n) is 6.12. The fraction of sp³-hybridized carbons (Fsp3) is 0.150. The third-order valence-electron chi connectivity index (χ3n) is 4.63. The third kappa shape index (κ3) is 2.56. The van der Waals surface area contributed by atoms with Gasteiger partial charge >= 0.3 is 0 Å². The van der Waals surface area contributed by atoms with Crippen LogP contribution in [-0.4, -0.2) is 22.5 Å². The molecule has 0 bridgehead atoms. The minimum atomic E-state index is -0.0918. The quantitative estimate of drug-likeness (QED) is 0.437. The van der Waals surface area contributed by atoms with Crippen molar-refractivity contribution >= 4 is 56.7 Å². The molecule has 0 spiro atoms. The van der Waals surface area contributed by atoms with E-state index in [4.69, 9.17) is 0 Å². The maximum atomic E-state index is 12.9. The lowest BCUT2D eigenvalue weighted by atomic mass is 10.1. The van der Waals surface area contributed by atoms with E-state index >= 15 is 0 Å². The number of likely N-dealkylation sites (N-methyl/N-ethyl adjacent to an activating group) is 1. The minimum absolute atomic E-state index is 0.0880. The highest BCUT2D eigenvalue weighted by Crippen LogP contribution is 2.36. The predicted octanol–water partition coefficient (Wildman–Crippen LogP) is 3.54. The first-order valence-corrected chi connectivity index (χ1v) is 9.38. The van der Waals surface area contributed by atoms with Gasteiger partial charge in [-0.25, -0.2) is 4.98 Å². The first-order chi connectivity index (χ1) is 12.5. The maximum Gasteiger partial charge on any atom is 0.261 e. The zero-order valence-electron chi connectivity index (χ0n) is 14.4. The van der Waals surface area contributed by atoms with Gasteiger partial charge in [0, 0.05) is 22.7 Å². The molecule has 1 aliphatic rings. The van der Waals surface area contributed by atoms with Gasteiger partial charge in [0.2, 0.25) is 0 Å². The Bertz CT molecular complexity index is 1150. The summed E-state index contributed by atoms with van der Waals surface area (Å²) in [6, 6.07) is 13.3. The van der Waals surface area contributed by atoms with E-state index in [1.54, 1.807) is 22.6 Å². The lowest BCUT2D eigenvalue weighted by Gasteiger charge is -2.10. The molecule has 1 amide bonds. The van der Waals surface area contributed by atoms with E-state index in [0.29, 0.717) is 28.8 Å². The van der Waals surface area contributed by atoms with Gasteiger partial charge in [-0.3, -0.25) is 14.2 Å². The number of benzene rings is 2. The van der Waals surface area contributed by atoms with Crippen LogP contribution in [0.4, 0.5) is 5.69 Å². The van der Waals surface area contributed by atoms with Crippen molar-refractivity contribution in [2.45, 2.75) is 13.5 Å². The number of fused-ring (bicyclic) bond motifs is 2. The zero-order chi connectivity index (χ0) is 18.4. The number of carbonyl (C=O) groups is 1. The summed E-state index contributed by atoms with van der Waals surface area (Å²) >= 11 is 2.18. The van der Waals surface area contributed by atoms with Crippen molar-refractivity contribution in [1.29, 1.82) is 0 Å². The predicted molar refractivity (Wildman–Crippen MR) is 112 cm³/mol. The van der Waals surface area contributed by atoms with Crippen molar-refractivity contribution in [1.82, 2.24) is 9.55 Å². The number of hydrogen-bond donors (Lipinski definition) is 0. The van der Waals surface area contributed by atoms with Gasteiger partial charge in [0.25, 0.3) is 11.5 Å². The molecule has 0 unspecified atom stereocenters. The van der Waals surface area contributed by atoms with Crippen LogP contribution in [0.15, 0.2) is 47.3 Å². The average molecular weight is 457 g/mol. The Kier molecular flexibility index (Phi) is 4.14. The highest BCUT2D eigenvalue weighted by Gasteiger charge is 2.29. The number of halogens is 1. The van der Waals surface area contributed by atoms with Gasteiger partial charge in [-0.1, -0.05) is 18.2 Å². The molecule has 0 atom stereocenters. The molecule has 0 aliphatic carbocycles. The van der Waals surface area contributed by atoms with E-state index in [1.165, 1.54) is 0 Å². The largest absolute Gasteiger partial charge is 0.311 e. The number of aromatic nitrogens is 2. The summed E-state index contributed by atoms with van der Waals surface area (Å²) in [4.78, 5) is 31.9. The van der Waals surface area contributed by atoms with Crippen LogP contribution in [0.2, 0.25) is 0 Å². The van der Waals surface area contributed by atoms with E-state index in [-0.39, 0.29) is 11.5 Å². The first-order valence-electron chi connectivity index (χ1n) is 8.30. The molecule has 130 valence electrons. The number of carbonyl (C=O) groups excluding carboxylic acids is 1. The average Bonchev–Trinajstić information content (AvgIpc) is 2.88.